The van der Waals surface area contributed by atoms with Gasteiger partial charge in [0, 0.05) is 6.04 Å². The molecule has 4 nitrogen and oxygen atoms in total. The predicted octanol–water partition coefficient (Wildman–Crippen LogP) is 2.78. The lowest BCUT2D eigenvalue weighted by molar-refractivity contribution is 0.332. The Morgan fingerprint density at radius 2 is 1.89 bits per heavy atom. The Balaban J connectivity index is 2.11. The van der Waals surface area contributed by atoms with Gasteiger partial charge in [-0.15, -0.1) is 0 Å². The van der Waals surface area contributed by atoms with E-state index in [1.165, 1.54) is 18.2 Å². The van der Waals surface area contributed by atoms with E-state index in [9.17, 15) is 8.42 Å². The second-order valence-corrected chi connectivity index (χ2v) is 7.38. The molecule has 6 heteroatoms. The first-order valence-corrected chi connectivity index (χ1v) is 8.32. The van der Waals surface area contributed by atoms with Crippen molar-refractivity contribution in [2.24, 2.45) is 5.92 Å². The van der Waals surface area contributed by atoms with Crippen molar-refractivity contribution in [3.05, 3.63) is 23.2 Å². The third-order valence-corrected chi connectivity index (χ3v) is 5.48. The molecule has 106 valence electrons. The van der Waals surface area contributed by atoms with Gasteiger partial charge in [0.2, 0.25) is 10.0 Å². The van der Waals surface area contributed by atoms with Crippen LogP contribution in [0, 0.1) is 5.92 Å². The first kappa shape index (κ1) is 14.6. The predicted molar refractivity (Wildman–Crippen MR) is 77.6 cm³/mol. The number of halogens is 1. The van der Waals surface area contributed by atoms with Gasteiger partial charge in [0.25, 0.3) is 0 Å². The zero-order valence-corrected chi connectivity index (χ0v) is 12.5. The zero-order valence-electron chi connectivity index (χ0n) is 10.9. The average Bonchev–Trinajstić information content (AvgIpc) is 2.35. The van der Waals surface area contributed by atoms with Crippen molar-refractivity contribution in [2.75, 3.05) is 5.73 Å². The van der Waals surface area contributed by atoms with Crippen molar-refractivity contribution >= 4 is 27.3 Å². The average molecular weight is 303 g/mol. The lowest BCUT2D eigenvalue weighted by Crippen LogP contribution is -2.37. The van der Waals surface area contributed by atoms with Crippen LogP contribution in [0.15, 0.2) is 23.1 Å². The minimum absolute atomic E-state index is 0.0260. The van der Waals surface area contributed by atoms with Gasteiger partial charge in [-0.1, -0.05) is 18.5 Å². The zero-order chi connectivity index (χ0) is 14.0. The highest BCUT2D eigenvalue weighted by molar-refractivity contribution is 7.89. The third-order valence-electron chi connectivity index (χ3n) is 3.62. The Kier molecular flexibility index (Phi) is 4.38. The van der Waals surface area contributed by atoms with Crippen LogP contribution in [0.25, 0.3) is 0 Å². The van der Waals surface area contributed by atoms with Gasteiger partial charge in [0.1, 0.15) is 0 Å². The number of benzene rings is 1. The largest absolute Gasteiger partial charge is 0.397 e. The summed E-state index contributed by atoms with van der Waals surface area (Å²) in [5, 5.41) is 0.366. The summed E-state index contributed by atoms with van der Waals surface area (Å²) in [6.45, 7) is 2.20. The molecule has 0 atom stereocenters. The molecule has 0 heterocycles. The smallest absolute Gasteiger partial charge is 0.240 e. The van der Waals surface area contributed by atoms with E-state index in [0.717, 1.165) is 25.7 Å². The van der Waals surface area contributed by atoms with E-state index < -0.39 is 10.0 Å². The highest BCUT2D eigenvalue weighted by atomic mass is 35.5. The summed E-state index contributed by atoms with van der Waals surface area (Å²) < 4.78 is 27.2. The summed E-state index contributed by atoms with van der Waals surface area (Å²) >= 11 is 5.80. The molecule has 1 aromatic carbocycles. The fourth-order valence-corrected chi connectivity index (χ4v) is 3.81. The second-order valence-electron chi connectivity index (χ2n) is 5.26. The summed E-state index contributed by atoms with van der Waals surface area (Å²) in [4.78, 5) is 0.174. The van der Waals surface area contributed by atoms with Gasteiger partial charge < -0.3 is 5.73 Å². The van der Waals surface area contributed by atoms with Gasteiger partial charge in [-0.3, -0.25) is 0 Å². The molecule has 0 bridgehead atoms. The highest BCUT2D eigenvalue weighted by Crippen LogP contribution is 2.26. The Hall–Kier alpha value is -0.780. The molecule has 1 saturated carbocycles. The van der Waals surface area contributed by atoms with Crippen LogP contribution in [0.3, 0.4) is 0 Å². The van der Waals surface area contributed by atoms with E-state index in [2.05, 4.69) is 11.6 Å². The Morgan fingerprint density at radius 1 is 1.26 bits per heavy atom. The molecule has 0 amide bonds. The van der Waals surface area contributed by atoms with Crippen LogP contribution < -0.4 is 10.5 Å². The van der Waals surface area contributed by atoms with Crippen LogP contribution >= 0.6 is 11.6 Å². The summed E-state index contributed by atoms with van der Waals surface area (Å²) in [5.41, 5.74) is 5.92. The van der Waals surface area contributed by atoms with Crippen molar-refractivity contribution in [3.63, 3.8) is 0 Å². The number of nitrogens with one attached hydrogen (secondary N) is 1. The van der Waals surface area contributed by atoms with Crippen LogP contribution in [0.4, 0.5) is 5.69 Å². The van der Waals surface area contributed by atoms with Gasteiger partial charge in [0.05, 0.1) is 15.6 Å². The third kappa shape index (κ3) is 3.61. The first-order chi connectivity index (χ1) is 8.88. The van der Waals surface area contributed by atoms with Crippen molar-refractivity contribution < 1.29 is 8.42 Å². The number of anilines is 1. The Labute approximate surface area is 119 Å². The molecule has 1 aliphatic rings. The minimum atomic E-state index is -3.51. The second kappa shape index (κ2) is 5.69. The first-order valence-electron chi connectivity index (χ1n) is 6.46. The number of rotatable bonds is 3. The maximum Gasteiger partial charge on any atom is 0.240 e. The highest BCUT2D eigenvalue weighted by Gasteiger charge is 2.24. The van der Waals surface area contributed by atoms with Crippen molar-refractivity contribution in [2.45, 2.75) is 43.5 Å². The molecule has 1 fully saturated rings. The number of sulfonamides is 1. The minimum Gasteiger partial charge on any atom is -0.397 e. The molecule has 19 heavy (non-hydrogen) atoms. The molecule has 0 aromatic heterocycles. The SMILES string of the molecule is CC1CCC(NS(=O)(=O)c2ccc(Cl)c(N)c2)CC1. The molecular weight excluding hydrogens is 284 g/mol. The Morgan fingerprint density at radius 3 is 2.47 bits per heavy atom. The van der Waals surface area contributed by atoms with Gasteiger partial charge in [-0.25, -0.2) is 13.1 Å². The summed E-state index contributed by atoms with van der Waals surface area (Å²) in [6.07, 6.45) is 3.92. The summed E-state index contributed by atoms with van der Waals surface area (Å²) in [7, 11) is -3.51. The van der Waals surface area contributed by atoms with Gasteiger partial charge in [0.15, 0.2) is 0 Å². The van der Waals surface area contributed by atoms with Gasteiger partial charge in [-0.05, 0) is 49.8 Å². The van der Waals surface area contributed by atoms with Crippen LogP contribution in [-0.2, 0) is 10.0 Å². The fraction of sp³-hybridized carbons (Fsp3) is 0.538. The molecule has 0 spiro atoms. The van der Waals surface area contributed by atoms with E-state index in [4.69, 9.17) is 17.3 Å². The van der Waals surface area contributed by atoms with E-state index in [1.807, 2.05) is 0 Å². The number of nitrogen functional groups attached to an aromatic ring is 1. The number of hydrogen-bond donors (Lipinski definition) is 2. The monoisotopic (exact) mass is 302 g/mol. The standard InChI is InChI=1S/C13H19ClN2O2S/c1-9-2-4-10(5-3-9)16-19(17,18)11-6-7-12(14)13(15)8-11/h6-10,16H,2-5,15H2,1H3. The molecular formula is C13H19ClN2O2S. The van der Waals surface area contributed by atoms with Crippen LogP contribution in [0.5, 0.6) is 0 Å². The van der Waals surface area contributed by atoms with E-state index >= 15 is 0 Å². The van der Waals surface area contributed by atoms with Crippen molar-refractivity contribution in [3.8, 4) is 0 Å². The number of hydrogen-bond acceptors (Lipinski definition) is 3. The maximum atomic E-state index is 12.2. The molecule has 1 aromatic rings. The molecule has 0 saturated heterocycles. The Bertz CT molecular complexity index is 552. The van der Waals surface area contributed by atoms with Gasteiger partial charge >= 0.3 is 0 Å². The van der Waals surface area contributed by atoms with Crippen molar-refractivity contribution in [1.29, 1.82) is 0 Å². The lowest BCUT2D eigenvalue weighted by atomic mass is 9.88. The maximum absolute atomic E-state index is 12.2. The van der Waals surface area contributed by atoms with Crippen molar-refractivity contribution in [1.82, 2.24) is 4.72 Å². The lowest BCUT2D eigenvalue weighted by Gasteiger charge is -2.26. The molecule has 0 unspecified atom stereocenters. The van der Waals surface area contributed by atoms with E-state index in [1.54, 1.807) is 0 Å². The van der Waals surface area contributed by atoms with Crippen LogP contribution in [-0.4, -0.2) is 14.5 Å². The topological polar surface area (TPSA) is 72.2 Å². The molecule has 2 rings (SSSR count). The van der Waals surface area contributed by atoms with Gasteiger partial charge in [-0.2, -0.15) is 0 Å². The molecule has 3 N–H and O–H groups in total. The normalized spacial score (nSPS) is 24.3. The molecule has 1 aliphatic carbocycles. The van der Waals surface area contributed by atoms with E-state index in [0.29, 0.717) is 10.9 Å². The molecule has 0 radical (unpaired) electrons. The summed E-state index contributed by atoms with van der Waals surface area (Å²) in [6, 6.07) is 4.41. The van der Waals surface area contributed by atoms with Crippen LogP contribution in [0.1, 0.15) is 32.6 Å². The number of nitrogens with two attached hydrogens (primary N) is 1. The quantitative estimate of drug-likeness (QED) is 0.843. The summed E-state index contributed by atoms with van der Waals surface area (Å²) in [5.74, 6) is 0.687. The molecule has 0 aliphatic heterocycles. The van der Waals surface area contributed by atoms with Crippen LogP contribution in [0.2, 0.25) is 5.02 Å². The van der Waals surface area contributed by atoms with E-state index in [-0.39, 0.29) is 16.6 Å². The fourth-order valence-electron chi connectivity index (χ4n) is 2.35.